The third-order valence-electron chi connectivity index (χ3n) is 4.83. The molecule has 1 aliphatic rings. The van der Waals surface area contributed by atoms with E-state index in [1.165, 1.54) is 6.08 Å². The monoisotopic (exact) mass is 422 g/mol. The molecule has 0 spiro atoms. The minimum atomic E-state index is -0.897. The van der Waals surface area contributed by atoms with Crippen molar-refractivity contribution in [2.75, 3.05) is 6.61 Å². The Morgan fingerprint density at radius 3 is 2.86 bits per heavy atom. The second-order valence-electron chi connectivity index (χ2n) is 7.14. The molecule has 0 radical (unpaired) electrons. The van der Waals surface area contributed by atoms with Crippen LogP contribution < -0.4 is 4.74 Å². The number of aliphatic hydroxyl groups is 2. The lowest BCUT2D eigenvalue weighted by Gasteiger charge is -2.17. The van der Waals surface area contributed by atoms with Gasteiger partial charge in [-0.2, -0.15) is 0 Å². The van der Waals surface area contributed by atoms with Crippen molar-refractivity contribution in [1.29, 1.82) is 0 Å². The van der Waals surface area contributed by atoms with Gasteiger partial charge in [-0.25, -0.2) is 0 Å². The van der Waals surface area contributed by atoms with Gasteiger partial charge in [0.05, 0.1) is 6.10 Å². The maximum absolute atomic E-state index is 12.2. The SMILES string of the molecule is O=C(O)CCC/C=C\C[C@H]1[C@@H](O)CC(=O)[C@@H]1/C=C/[C@@H](O)COc1cccc(Cl)c1. The normalized spacial score (nSPS) is 23.1. The molecule has 0 aliphatic heterocycles. The van der Waals surface area contributed by atoms with Crippen LogP contribution in [-0.2, 0) is 9.59 Å². The number of unbranched alkanes of at least 4 members (excludes halogenated alkanes) is 1. The fraction of sp³-hybridized carbons (Fsp3) is 0.455. The number of benzene rings is 1. The van der Waals surface area contributed by atoms with Crippen molar-refractivity contribution in [1.82, 2.24) is 0 Å². The Kier molecular flexibility index (Phi) is 9.38. The summed E-state index contributed by atoms with van der Waals surface area (Å²) in [4.78, 5) is 22.7. The number of halogens is 1. The lowest BCUT2D eigenvalue weighted by atomic mass is 9.90. The van der Waals surface area contributed by atoms with Gasteiger partial charge in [-0.15, -0.1) is 0 Å². The lowest BCUT2D eigenvalue weighted by molar-refractivity contribution is -0.137. The van der Waals surface area contributed by atoms with E-state index in [4.69, 9.17) is 21.4 Å². The average molecular weight is 423 g/mol. The largest absolute Gasteiger partial charge is 0.491 e. The van der Waals surface area contributed by atoms with E-state index < -0.39 is 24.1 Å². The quantitative estimate of drug-likeness (QED) is 0.373. The highest BCUT2D eigenvalue weighted by Crippen LogP contribution is 2.33. The molecule has 158 valence electrons. The molecule has 0 amide bonds. The highest BCUT2D eigenvalue weighted by Gasteiger charge is 2.39. The predicted octanol–water partition coefficient (Wildman–Crippen LogP) is 3.40. The zero-order valence-electron chi connectivity index (χ0n) is 16.1. The number of hydrogen-bond donors (Lipinski definition) is 3. The van der Waals surface area contributed by atoms with E-state index in [0.29, 0.717) is 30.0 Å². The highest BCUT2D eigenvalue weighted by atomic mass is 35.5. The Labute approximate surface area is 175 Å². The van der Waals surface area contributed by atoms with E-state index >= 15 is 0 Å². The molecule has 0 aromatic heterocycles. The molecule has 1 aromatic carbocycles. The van der Waals surface area contributed by atoms with Gasteiger partial charge in [-0.05, 0) is 37.5 Å². The number of Topliss-reactive ketones (excluding diaryl/α,β-unsaturated/α-hetero) is 1. The van der Waals surface area contributed by atoms with E-state index in [2.05, 4.69) is 0 Å². The van der Waals surface area contributed by atoms with Crippen LogP contribution in [0.3, 0.4) is 0 Å². The molecule has 6 nitrogen and oxygen atoms in total. The van der Waals surface area contributed by atoms with Gasteiger partial charge >= 0.3 is 5.97 Å². The summed E-state index contributed by atoms with van der Waals surface area (Å²) < 4.78 is 5.48. The number of ether oxygens (including phenoxy) is 1. The van der Waals surface area contributed by atoms with Gasteiger partial charge in [-0.1, -0.05) is 42.0 Å². The number of carboxylic acids is 1. The van der Waals surface area contributed by atoms with Crippen LogP contribution in [0.25, 0.3) is 0 Å². The molecule has 1 saturated carbocycles. The standard InChI is InChI=1S/C22H27ClO6/c23-15-6-5-7-17(12-15)29-14-16(24)10-11-19-18(20(25)13-21(19)26)8-3-1-2-4-9-22(27)28/h1,3,5-7,10-12,16,18-20,24-25H,2,4,8-9,13-14H2,(H,27,28)/b3-1-,11-10+/t16-,18-,19-,20+/m1/s1. The Balaban J connectivity index is 1.84. The summed E-state index contributed by atoms with van der Waals surface area (Å²) in [5, 5.41) is 29.5. The molecular formula is C22H27ClO6. The van der Waals surface area contributed by atoms with Gasteiger partial charge in [0, 0.05) is 29.7 Å². The molecule has 0 heterocycles. The molecule has 1 aliphatic carbocycles. The highest BCUT2D eigenvalue weighted by molar-refractivity contribution is 6.30. The Morgan fingerprint density at radius 2 is 2.14 bits per heavy atom. The first kappa shape index (κ1) is 23.1. The molecule has 4 atom stereocenters. The smallest absolute Gasteiger partial charge is 0.303 e. The predicted molar refractivity (Wildman–Crippen MR) is 110 cm³/mol. The summed E-state index contributed by atoms with van der Waals surface area (Å²) in [6, 6.07) is 6.85. The van der Waals surface area contributed by atoms with E-state index in [0.717, 1.165) is 0 Å². The molecule has 0 saturated heterocycles. The second-order valence-corrected chi connectivity index (χ2v) is 7.58. The van der Waals surface area contributed by atoms with Crippen LogP contribution in [0, 0.1) is 11.8 Å². The molecule has 3 N–H and O–H groups in total. The van der Waals surface area contributed by atoms with Gasteiger partial charge < -0.3 is 20.1 Å². The summed E-state index contributed by atoms with van der Waals surface area (Å²) in [5.74, 6) is -1.05. The topological polar surface area (TPSA) is 104 Å². The van der Waals surface area contributed by atoms with Crippen molar-refractivity contribution in [3.8, 4) is 5.75 Å². The fourth-order valence-corrected chi connectivity index (χ4v) is 3.49. The molecule has 1 aromatic rings. The molecule has 7 heteroatoms. The second kappa shape index (κ2) is 11.8. The number of carbonyl (C=O) groups is 2. The van der Waals surface area contributed by atoms with Crippen LogP contribution in [0.2, 0.25) is 5.02 Å². The Bertz CT molecular complexity index is 745. The van der Waals surface area contributed by atoms with E-state index in [1.807, 2.05) is 12.2 Å². The average Bonchev–Trinajstić information content (AvgIpc) is 2.93. The van der Waals surface area contributed by atoms with Gasteiger partial charge in [0.2, 0.25) is 0 Å². The van der Waals surface area contributed by atoms with E-state index in [9.17, 15) is 19.8 Å². The first-order chi connectivity index (χ1) is 13.9. The number of carbonyl (C=O) groups excluding carboxylic acids is 1. The number of rotatable bonds is 11. The zero-order valence-corrected chi connectivity index (χ0v) is 16.9. The number of allylic oxidation sites excluding steroid dienone is 3. The summed E-state index contributed by atoms with van der Waals surface area (Å²) >= 11 is 5.89. The molecule has 1 fully saturated rings. The molecule has 2 rings (SSSR count). The van der Waals surface area contributed by atoms with Crippen molar-refractivity contribution < 1.29 is 29.6 Å². The van der Waals surface area contributed by atoms with Gasteiger partial charge in [0.1, 0.15) is 24.2 Å². The molecular weight excluding hydrogens is 396 g/mol. The van der Waals surface area contributed by atoms with Crippen molar-refractivity contribution in [2.45, 2.75) is 44.3 Å². The van der Waals surface area contributed by atoms with Gasteiger partial charge in [-0.3, -0.25) is 9.59 Å². The summed E-state index contributed by atoms with van der Waals surface area (Å²) in [6.45, 7) is 0.0223. The maximum Gasteiger partial charge on any atom is 0.303 e. The van der Waals surface area contributed by atoms with E-state index in [1.54, 1.807) is 30.3 Å². The van der Waals surface area contributed by atoms with Crippen molar-refractivity contribution in [3.05, 3.63) is 53.6 Å². The van der Waals surface area contributed by atoms with E-state index in [-0.39, 0.29) is 31.1 Å². The number of aliphatic carboxylic acids is 1. The first-order valence-electron chi connectivity index (χ1n) is 9.69. The minimum Gasteiger partial charge on any atom is -0.491 e. The first-order valence-corrected chi connectivity index (χ1v) is 10.1. The van der Waals surface area contributed by atoms with Crippen molar-refractivity contribution >= 4 is 23.4 Å². The molecule has 29 heavy (non-hydrogen) atoms. The van der Waals surface area contributed by atoms with Crippen LogP contribution in [0.5, 0.6) is 5.75 Å². The number of ketones is 1. The number of hydrogen-bond acceptors (Lipinski definition) is 5. The number of carboxylic acid groups (broad SMARTS) is 1. The van der Waals surface area contributed by atoms with Gasteiger partial charge in [0.25, 0.3) is 0 Å². The Morgan fingerprint density at radius 1 is 1.34 bits per heavy atom. The summed E-state index contributed by atoms with van der Waals surface area (Å²) in [6.07, 6.45) is 7.25. The van der Waals surface area contributed by atoms with Crippen LogP contribution in [-0.4, -0.2) is 45.9 Å². The van der Waals surface area contributed by atoms with Crippen LogP contribution in [0.4, 0.5) is 0 Å². The Hall–Kier alpha value is -2.15. The zero-order chi connectivity index (χ0) is 21.2. The molecule has 0 unspecified atom stereocenters. The van der Waals surface area contributed by atoms with Crippen LogP contribution >= 0.6 is 11.6 Å². The third kappa shape index (κ3) is 8.01. The fourth-order valence-electron chi connectivity index (χ4n) is 3.31. The van der Waals surface area contributed by atoms with Gasteiger partial charge in [0.15, 0.2) is 0 Å². The minimum absolute atomic E-state index is 0.0223. The summed E-state index contributed by atoms with van der Waals surface area (Å²) in [7, 11) is 0. The van der Waals surface area contributed by atoms with Crippen molar-refractivity contribution in [3.63, 3.8) is 0 Å². The van der Waals surface area contributed by atoms with Crippen LogP contribution in [0.15, 0.2) is 48.6 Å². The maximum atomic E-state index is 12.2. The third-order valence-corrected chi connectivity index (χ3v) is 5.07. The van der Waals surface area contributed by atoms with Crippen LogP contribution in [0.1, 0.15) is 32.1 Å². The number of aliphatic hydroxyl groups excluding tert-OH is 2. The van der Waals surface area contributed by atoms with Crippen molar-refractivity contribution in [2.24, 2.45) is 11.8 Å². The molecule has 0 bridgehead atoms. The summed E-state index contributed by atoms with van der Waals surface area (Å²) in [5.41, 5.74) is 0. The lowest BCUT2D eigenvalue weighted by Crippen LogP contribution is -2.20.